The summed E-state index contributed by atoms with van der Waals surface area (Å²) in [5, 5.41) is 3.39. The minimum atomic E-state index is -4.30. The quantitative estimate of drug-likeness (QED) is 0.639. The molecule has 26 heavy (non-hydrogen) atoms. The zero-order chi connectivity index (χ0) is 18.8. The van der Waals surface area contributed by atoms with Crippen LogP contribution < -0.4 is 5.32 Å². The van der Waals surface area contributed by atoms with Crippen molar-refractivity contribution in [2.45, 2.75) is 30.9 Å². The van der Waals surface area contributed by atoms with Crippen LogP contribution in [0.5, 0.6) is 0 Å². The molecule has 1 unspecified atom stereocenters. The van der Waals surface area contributed by atoms with Crippen molar-refractivity contribution in [3.05, 3.63) is 35.4 Å². The van der Waals surface area contributed by atoms with Crippen LogP contribution in [-0.2, 0) is 16.3 Å². The molecular formula is C19H26F3N3O. The molecule has 7 heteroatoms. The van der Waals surface area contributed by atoms with Gasteiger partial charge in [0.25, 0.3) is 0 Å². The molecule has 1 aromatic rings. The van der Waals surface area contributed by atoms with Crippen LogP contribution >= 0.6 is 0 Å². The molecule has 0 aromatic heterocycles. The van der Waals surface area contributed by atoms with Crippen molar-refractivity contribution >= 4 is 5.96 Å². The number of alkyl halides is 3. The molecule has 1 atom stereocenters. The molecule has 1 aliphatic heterocycles. The van der Waals surface area contributed by atoms with E-state index in [9.17, 15) is 13.2 Å². The second-order valence-corrected chi connectivity index (χ2v) is 7.32. The zero-order valence-electron chi connectivity index (χ0n) is 15.3. The second kappa shape index (κ2) is 7.47. The van der Waals surface area contributed by atoms with E-state index in [0.29, 0.717) is 12.5 Å². The van der Waals surface area contributed by atoms with Crippen LogP contribution in [0.2, 0.25) is 0 Å². The van der Waals surface area contributed by atoms with Gasteiger partial charge in [0.15, 0.2) is 5.96 Å². The molecule has 2 aliphatic rings. The third kappa shape index (κ3) is 4.14. The molecule has 1 saturated heterocycles. The Balaban J connectivity index is 1.64. The lowest BCUT2D eigenvalue weighted by Gasteiger charge is -2.25. The van der Waals surface area contributed by atoms with Crippen molar-refractivity contribution in [3.63, 3.8) is 0 Å². The fourth-order valence-electron chi connectivity index (χ4n) is 3.72. The summed E-state index contributed by atoms with van der Waals surface area (Å²) in [6, 6.07) is 5.73. The number of likely N-dealkylation sites (tertiary alicyclic amines) is 1. The van der Waals surface area contributed by atoms with E-state index >= 15 is 0 Å². The number of ether oxygens (including phenoxy) is 1. The SMILES string of the molecule is CN=C(NCC1(c2cccc(C(F)(F)F)c2)CC1)N1CCC(COC)C1. The largest absolute Gasteiger partial charge is 0.416 e. The van der Waals surface area contributed by atoms with Crippen molar-refractivity contribution in [1.82, 2.24) is 10.2 Å². The molecule has 4 nitrogen and oxygen atoms in total. The molecule has 144 valence electrons. The van der Waals surface area contributed by atoms with E-state index in [2.05, 4.69) is 15.2 Å². The molecule has 0 amide bonds. The van der Waals surface area contributed by atoms with Gasteiger partial charge >= 0.3 is 6.18 Å². The van der Waals surface area contributed by atoms with Crippen LogP contribution in [0, 0.1) is 5.92 Å². The first-order chi connectivity index (χ1) is 12.4. The minimum absolute atomic E-state index is 0.219. The van der Waals surface area contributed by atoms with E-state index in [1.807, 2.05) is 0 Å². The zero-order valence-corrected chi connectivity index (χ0v) is 15.3. The van der Waals surface area contributed by atoms with Crippen molar-refractivity contribution in [1.29, 1.82) is 0 Å². The number of methoxy groups -OCH3 is 1. The van der Waals surface area contributed by atoms with Crippen LogP contribution in [-0.4, -0.2) is 51.3 Å². The van der Waals surface area contributed by atoms with Crippen LogP contribution in [0.3, 0.4) is 0 Å². The summed E-state index contributed by atoms with van der Waals surface area (Å²) < 4.78 is 44.2. The van der Waals surface area contributed by atoms with Gasteiger partial charge in [-0.15, -0.1) is 0 Å². The average molecular weight is 369 g/mol. The summed E-state index contributed by atoms with van der Waals surface area (Å²) in [5.41, 5.74) is -0.0374. The van der Waals surface area contributed by atoms with Crippen LogP contribution in [0.1, 0.15) is 30.4 Å². The summed E-state index contributed by atoms with van der Waals surface area (Å²) in [7, 11) is 3.46. The molecule has 1 aliphatic carbocycles. The second-order valence-electron chi connectivity index (χ2n) is 7.32. The summed E-state index contributed by atoms with van der Waals surface area (Å²) in [6.07, 6.45) is -1.45. The summed E-state index contributed by atoms with van der Waals surface area (Å²) in [5.74, 6) is 1.32. The Morgan fingerprint density at radius 3 is 2.77 bits per heavy atom. The molecule has 1 heterocycles. The monoisotopic (exact) mass is 369 g/mol. The Bertz CT molecular complexity index is 656. The first kappa shape index (κ1) is 19.0. The van der Waals surface area contributed by atoms with Gasteiger partial charge in [-0.25, -0.2) is 0 Å². The van der Waals surface area contributed by atoms with Crippen LogP contribution in [0.15, 0.2) is 29.3 Å². The molecular weight excluding hydrogens is 343 g/mol. The van der Waals surface area contributed by atoms with Crippen LogP contribution in [0.4, 0.5) is 13.2 Å². The van der Waals surface area contributed by atoms with Gasteiger partial charge in [-0.2, -0.15) is 13.2 Å². The summed E-state index contributed by atoms with van der Waals surface area (Å²) in [4.78, 5) is 6.56. The summed E-state index contributed by atoms with van der Waals surface area (Å²) >= 11 is 0. The highest BCUT2D eigenvalue weighted by molar-refractivity contribution is 5.80. The van der Waals surface area contributed by atoms with E-state index in [1.54, 1.807) is 20.2 Å². The number of benzene rings is 1. The Kier molecular flexibility index (Phi) is 5.46. The first-order valence-corrected chi connectivity index (χ1v) is 9.00. The predicted molar refractivity (Wildman–Crippen MR) is 95.3 cm³/mol. The predicted octanol–water partition coefficient (Wildman–Crippen LogP) is 3.28. The van der Waals surface area contributed by atoms with Gasteiger partial charge in [-0.05, 0) is 30.9 Å². The Hall–Kier alpha value is -1.76. The lowest BCUT2D eigenvalue weighted by molar-refractivity contribution is -0.137. The van der Waals surface area contributed by atoms with E-state index in [4.69, 9.17) is 4.74 Å². The molecule has 2 fully saturated rings. The highest BCUT2D eigenvalue weighted by atomic mass is 19.4. The standard InChI is InChI=1S/C19H26F3N3O/c1-23-17(25-9-6-14(11-25)12-26-2)24-13-18(7-8-18)15-4-3-5-16(10-15)19(20,21)22/h3-5,10,14H,6-9,11-13H2,1-2H3,(H,23,24). The number of hydrogen-bond donors (Lipinski definition) is 1. The van der Waals surface area contributed by atoms with Crippen molar-refractivity contribution < 1.29 is 17.9 Å². The van der Waals surface area contributed by atoms with Crippen LogP contribution in [0.25, 0.3) is 0 Å². The third-order valence-corrected chi connectivity index (χ3v) is 5.44. The number of halogens is 3. The number of hydrogen-bond acceptors (Lipinski definition) is 2. The maximum atomic E-state index is 13.0. The molecule has 1 aromatic carbocycles. The fourth-order valence-corrected chi connectivity index (χ4v) is 3.72. The van der Waals surface area contributed by atoms with E-state index in [-0.39, 0.29) is 5.41 Å². The lowest BCUT2D eigenvalue weighted by Crippen LogP contribution is -2.43. The molecule has 0 spiro atoms. The fraction of sp³-hybridized carbons (Fsp3) is 0.632. The molecule has 3 rings (SSSR count). The van der Waals surface area contributed by atoms with Gasteiger partial charge in [-0.3, -0.25) is 4.99 Å². The maximum absolute atomic E-state index is 13.0. The Morgan fingerprint density at radius 2 is 2.15 bits per heavy atom. The van der Waals surface area contributed by atoms with E-state index in [1.165, 1.54) is 12.1 Å². The molecule has 1 N–H and O–H groups in total. The van der Waals surface area contributed by atoms with Gasteiger partial charge in [0.1, 0.15) is 0 Å². The van der Waals surface area contributed by atoms with Gasteiger partial charge in [0.2, 0.25) is 0 Å². The number of rotatable bonds is 5. The molecule has 0 bridgehead atoms. The van der Waals surface area contributed by atoms with E-state index in [0.717, 1.165) is 56.5 Å². The highest BCUT2D eigenvalue weighted by Crippen LogP contribution is 2.48. The number of aliphatic imine (C=N–C) groups is 1. The van der Waals surface area contributed by atoms with Crippen molar-refractivity contribution in [2.24, 2.45) is 10.9 Å². The van der Waals surface area contributed by atoms with Gasteiger partial charge in [0.05, 0.1) is 12.2 Å². The lowest BCUT2D eigenvalue weighted by atomic mass is 9.94. The van der Waals surface area contributed by atoms with Crippen molar-refractivity contribution in [3.8, 4) is 0 Å². The maximum Gasteiger partial charge on any atom is 0.416 e. The number of nitrogens with one attached hydrogen (secondary N) is 1. The first-order valence-electron chi connectivity index (χ1n) is 9.00. The highest BCUT2D eigenvalue weighted by Gasteiger charge is 2.45. The average Bonchev–Trinajstić information content (AvgIpc) is 3.27. The number of nitrogens with zero attached hydrogens (tertiary/aromatic N) is 2. The normalized spacial score (nSPS) is 22.6. The van der Waals surface area contributed by atoms with Gasteiger partial charge in [-0.1, -0.05) is 18.2 Å². The van der Waals surface area contributed by atoms with E-state index < -0.39 is 11.7 Å². The Labute approximate surface area is 152 Å². The molecule has 0 radical (unpaired) electrons. The number of guanidine groups is 1. The smallest absolute Gasteiger partial charge is 0.384 e. The van der Waals surface area contributed by atoms with Gasteiger partial charge in [0, 0.05) is 45.1 Å². The van der Waals surface area contributed by atoms with Gasteiger partial charge < -0.3 is 15.0 Å². The topological polar surface area (TPSA) is 36.9 Å². The molecule has 1 saturated carbocycles. The summed E-state index contributed by atoms with van der Waals surface area (Å²) in [6.45, 7) is 3.16. The third-order valence-electron chi connectivity index (χ3n) is 5.44. The minimum Gasteiger partial charge on any atom is -0.384 e. The Morgan fingerprint density at radius 1 is 1.38 bits per heavy atom. The van der Waals surface area contributed by atoms with Crippen molar-refractivity contribution in [2.75, 3.05) is 40.4 Å².